The molecule has 92 valence electrons. The van der Waals surface area contributed by atoms with Crippen molar-refractivity contribution in [1.29, 1.82) is 0 Å². The smallest absolute Gasteiger partial charge is 0.255 e. The molecule has 0 aromatic carbocycles. The van der Waals surface area contributed by atoms with Gasteiger partial charge in [-0.2, -0.15) is 5.10 Å². The highest BCUT2D eigenvalue weighted by Gasteiger charge is 2.24. The Morgan fingerprint density at radius 1 is 1.65 bits per heavy atom. The van der Waals surface area contributed by atoms with Gasteiger partial charge in [0.1, 0.15) is 0 Å². The molecule has 17 heavy (non-hydrogen) atoms. The number of aromatic amines is 1. The first-order chi connectivity index (χ1) is 8.08. The summed E-state index contributed by atoms with van der Waals surface area (Å²) in [6, 6.07) is 0.0273. The van der Waals surface area contributed by atoms with Crippen molar-refractivity contribution in [2.75, 3.05) is 13.6 Å². The van der Waals surface area contributed by atoms with E-state index in [4.69, 9.17) is 0 Å². The number of rotatable bonds is 2. The molecule has 6 heteroatoms. The van der Waals surface area contributed by atoms with E-state index < -0.39 is 0 Å². The largest absolute Gasteiger partial charge is 0.347 e. The van der Waals surface area contributed by atoms with Crippen molar-refractivity contribution < 1.29 is 9.59 Å². The van der Waals surface area contributed by atoms with Crippen LogP contribution in [0.5, 0.6) is 0 Å². The van der Waals surface area contributed by atoms with E-state index in [0.29, 0.717) is 24.9 Å². The number of nitrogens with one attached hydrogen (secondary N) is 2. The van der Waals surface area contributed by atoms with Crippen LogP contribution < -0.4 is 5.32 Å². The van der Waals surface area contributed by atoms with Crippen molar-refractivity contribution in [2.45, 2.75) is 25.8 Å². The fourth-order valence-electron chi connectivity index (χ4n) is 1.97. The summed E-state index contributed by atoms with van der Waals surface area (Å²) in [5.41, 5.74) is 1.31. The maximum Gasteiger partial charge on any atom is 0.255 e. The molecule has 1 fully saturated rings. The highest BCUT2D eigenvalue weighted by molar-refractivity contribution is 5.95. The molecule has 2 amide bonds. The van der Waals surface area contributed by atoms with Gasteiger partial charge in [0, 0.05) is 31.7 Å². The van der Waals surface area contributed by atoms with Crippen molar-refractivity contribution in [3.05, 3.63) is 17.5 Å². The Labute approximate surface area is 99.4 Å². The van der Waals surface area contributed by atoms with Gasteiger partial charge in [-0.15, -0.1) is 0 Å². The van der Waals surface area contributed by atoms with Gasteiger partial charge in [-0.05, 0) is 13.3 Å². The van der Waals surface area contributed by atoms with Crippen LogP contribution in [-0.4, -0.2) is 46.5 Å². The standard InChI is InChI=1S/C11H16N4O2/c1-7-9(5-12-14-7)11(17)13-8-3-4-10(16)15(2)6-8/h5,8H,3-4,6H2,1-2H3,(H,12,14)(H,13,17). The summed E-state index contributed by atoms with van der Waals surface area (Å²) < 4.78 is 0. The zero-order chi connectivity index (χ0) is 12.4. The van der Waals surface area contributed by atoms with E-state index >= 15 is 0 Å². The molecule has 1 aromatic heterocycles. The molecule has 1 atom stereocenters. The maximum atomic E-state index is 11.9. The Bertz CT molecular complexity index is 440. The molecule has 2 heterocycles. The van der Waals surface area contributed by atoms with Gasteiger partial charge >= 0.3 is 0 Å². The lowest BCUT2D eigenvalue weighted by Gasteiger charge is -2.30. The fourth-order valence-corrected chi connectivity index (χ4v) is 1.97. The van der Waals surface area contributed by atoms with Crippen LogP contribution >= 0.6 is 0 Å². The number of aryl methyl sites for hydroxylation is 1. The van der Waals surface area contributed by atoms with Gasteiger partial charge in [0.15, 0.2) is 0 Å². The molecular formula is C11H16N4O2. The van der Waals surface area contributed by atoms with Crippen LogP contribution in [0.1, 0.15) is 28.9 Å². The number of piperidine rings is 1. The van der Waals surface area contributed by atoms with Gasteiger partial charge in [-0.1, -0.05) is 0 Å². The van der Waals surface area contributed by atoms with Crippen LogP contribution in [0.3, 0.4) is 0 Å². The number of carbonyl (C=O) groups is 2. The number of carbonyl (C=O) groups excluding carboxylic acids is 2. The summed E-state index contributed by atoms with van der Waals surface area (Å²) in [5, 5.41) is 9.46. The SMILES string of the molecule is Cc1[nH]ncc1C(=O)NC1CCC(=O)N(C)C1. The molecule has 0 spiro atoms. The van der Waals surface area contributed by atoms with E-state index in [-0.39, 0.29) is 17.9 Å². The Morgan fingerprint density at radius 3 is 3.00 bits per heavy atom. The average Bonchev–Trinajstić information content (AvgIpc) is 2.70. The van der Waals surface area contributed by atoms with Crippen molar-refractivity contribution in [3.63, 3.8) is 0 Å². The predicted octanol–water partition coefficient (Wildman–Crippen LogP) is 0.0687. The highest BCUT2D eigenvalue weighted by Crippen LogP contribution is 2.11. The van der Waals surface area contributed by atoms with Crippen molar-refractivity contribution in [1.82, 2.24) is 20.4 Å². The number of nitrogens with zero attached hydrogens (tertiary/aromatic N) is 2. The van der Waals surface area contributed by atoms with Gasteiger partial charge in [0.05, 0.1) is 11.8 Å². The first kappa shape index (κ1) is 11.6. The Hall–Kier alpha value is -1.85. The van der Waals surface area contributed by atoms with Gasteiger partial charge in [-0.3, -0.25) is 14.7 Å². The molecule has 1 aliphatic heterocycles. The lowest BCUT2D eigenvalue weighted by atomic mass is 10.1. The zero-order valence-electron chi connectivity index (χ0n) is 9.99. The molecule has 0 bridgehead atoms. The summed E-state index contributed by atoms with van der Waals surface area (Å²) in [6.07, 6.45) is 2.71. The molecule has 1 saturated heterocycles. The van der Waals surface area contributed by atoms with Crippen LogP contribution in [0.25, 0.3) is 0 Å². The Balaban J connectivity index is 1.96. The minimum Gasteiger partial charge on any atom is -0.347 e. The normalized spacial score (nSPS) is 20.5. The van der Waals surface area contributed by atoms with Crippen LogP contribution in [0, 0.1) is 6.92 Å². The quantitative estimate of drug-likeness (QED) is 0.762. The third-order valence-corrected chi connectivity index (χ3v) is 3.04. The van der Waals surface area contributed by atoms with Gasteiger partial charge in [0.25, 0.3) is 5.91 Å². The summed E-state index contributed by atoms with van der Waals surface area (Å²) >= 11 is 0. The lowest BCUT2D eigenvalue weighted by Crippen LogP contribution is -2.48. The number of likely N-dealkylation sites (N-methyl/N-ethyl adjacent to an activating group) is 1. The number of likely N-dealkylation sites (tertiary alicyclic amines) is 1. The molecule has 0 saturated carbocycles. The van der Waals surface area contributed by atoms with E-state index in [9.17, 15) is 9.59 Å². The van der Waals surface area contributed by atoms with Crippen LogP contribution in [0.4, 0.5) is 0 Å². The van der Waals surface area contributed by atoms with Crippen molar-refractivity contribution in [3.8, 4) is 0 Å². The second kappa shape index (κ2) is 4.57. The van der Waals surface area contributed by atoms with Crippen molar-refractivity contribution in [2.24, 2.45) is 0 Å². The molecule has 1 unspecified atom stereocenters. The van der Waals surface area contributed by atoms with E-state index in [1.54, 1.807) is 18.9 Å². The lowest BCUT2D eigenvalue weighted by molar-refractivity contribution is -0.132. The summed E-state index contributed by atoms with van der Waals surface area (Å²) in [6.45, 7) is 2.37. The number of amides is 2. The number of hydrogen-bond donors (Lipinski definition) is 2. The van der Waals surface area contributed by atoms with Crippen LogP contribution in [-0.2, 0) is 4.79 Å². The predicted molar refractivity (Wildman–Crippen MR) is 61.4 cm³/mol. The molecule has 0 aliphatic carbocycles. The first-order valence-electron chi connectivity index (χ1n) is 5.62. The van der Waals surface area contributed by atoms with Gasteiger partial charge in [-0.25, -0.2) is 0 Å². The molecule has 2 N–H and O–H groups in total. The maximum absolute atomic E-state index is 11.9. The minimum atomic E-state index is -0.135. The second-order valence-electron chi connectivity index (χ2n) is 4.39. The summed E-state index contributed by atoms with van der Waals surface area (Å²) in [4.78, 5) is 24.9. The highest BCUT2D eigenvalue weighted by atomic mass is 16.2. The monoisotopic (exact) mass is 236 g/mol. The Kier molecular flexibility index (Phi) is 3.12. The summed E-state index contributed by atoms with van der Waals surface area (Å²) in [7, 11) is 1.75. The van der Waals surface area contributed by atoms with E-state index in [0.717, 1.165) is 5.69 Å². The third kappa shape index (κ3) is 2.46. The zero-order valence-corrected chi connectivity index (χ0v) is 9.99. The van der Waals surface area contributed by atoms with E-state index in [2.05, 4.69) is 15.5 Å². The Morgan fingerprint density at radius 2 is 2.41 bits per heavy atom. The fraction of sp³-hybridized carbons (Fsp3) is 0.545. The molecule has 2 rings (SSSR count). The second-order valence-corrected chi connectivity index (χ2v) is 4.39. The molecule has 1 aliphatic rings. The van der Waals surface area contributed by atoms with E-state index in [1.807, 2.05) is 0 Å². The van der Waals surface area contributed by atoms with Gasteiger partial charge < -0.3 is 10.2 Å². The van der Waals surface area contributed by atoms with Crippen LogP contribution in [0.15, 0.2) is 6.20 Å². The molecule has 0 radical (unpaired) electrons. The first-order valence-corrected chi connectivity index (χ1v) is 5.62. The topological polar surface area (TPSA) is 78.1 Å². The van der Waals surface area contributed by atoms with E-state index in [1.165, 1.54) is 6.20 Å². The third-order valence-electron chi connectivity index (χ3n) is 3.04. The minimum absolute atomic E-state index is 0.0273. The number of H-pyrrole nitrogens is 1. The molecular weight excluding hydrogens is 220 g/mol. The molecule has 1 aromatic rings. The number of hydrogen-bond acceptors (Lipinski definition) is 3. The van der Waals surface area contributed by atoms with Gasteiger partial charge in [0.2, 0.25) is 5.91 Å². The molecule has 6 nitrogen and oxygen atoms in total. The summed E-state index contributed by atoms with van der Waals surface area (Å²) in [5.74, 6) is -0.000936. The van der Waals surface area contributed by atoms with Crippen molar-refractivity contribution >= 4 is 11.8 Å². The average molecular weight is 236 g/mol. The van der Waals surface area contributed by atoms with Crippen LogP contribution in [0.2, 0.25) is 0 Å². The number of aromatic nitrogens is 2.